The normalized spacial score (nSPS) is 11.9. The molecule has 0 aliphatic rings. The Hall–Kier alpha value is -2.36. The zero-order valence-electron chi connectivity index (χ0n) is 11.1. The molecule has 0 radical (unpaired) electrons. The zero-order chi connectivity index (χ0) is 14.5. The van der Waals surface area contributed by atoms with Gasteiger partial charge in [0.1, 0.15) is 11.6 Å². The number of phenols is 1. The Morgan fingerprint density at radius 3 is 2.35 bits per heavy atom. The van der Waals surface area contributed by atoms with Crippen LogP contribution in [0.2, 0.25) is 0 Å². The number of benzene rings is 2. The summed E-state index contributed by atoms with van der Waals surface area (Å²) in [6.45, 7) is 1.89. The van der Waals surface area contributed by atoms with Gasteiger partial charge in [0.2, 0.25) is 0 Å². The number of hydrogen-bond donors (Lipinski definition) is 2. The van der Waals surface area contributed by atoms with Crippen molar-refractivity contribution in [3.05, 3.63) is 65.5 Å². The van der Waals surface area contributed by atoms with Crippen LogP contribution < -0.4 is 5.32 Å². The van der Waals surface area contributed by atoms with Crippen LogP contribution in [0.5, 0.6) is 5.75 Å². The van der Waals surface area contributed by atoms with Crippen LogP contribution in [-0.2, 0) is 6.42 Å². The molecular formula is C16H16FNO2. The van der Waals surface area contributed by atoms with Crippen molar-refractivity contribution >= 4 is 5.91 Å². The standard InChI is InChI=1S/C16H16FNO2/c1-11(10-12-2-6-14(17)7-3-12)18-16(20)13-4-8-15(19)9-5-13/h2-9,11,19H,10H2,1H3,(H,18,20). The molecule has 1 unspecified atom stereocenters. The lowest BCUT2D eigenvalue weighted by atomic mass is 10.1. The number of carbonyl (C=O) groups excluding carboxylic acids is 1. The molecule has 2 rings (SSSR count). The Balaban J connectivity index is 1.93. The molecule has 1 amide bonds. The maximum atomic E-state index is 12.8. The highest BCUT2D eigenvalue weighted by molar-refractivity contribution is 5.94. The van der Waals surface area contributed by atoms with Crippen molar-refractivity contribution in [2.75, 3.05) is 0 Å². The Kier molecular flexibility index (Phi) is 4.35. The van der Waals surface area contributed by atoms with E-state index < -0.39 is 0 Å². The van der Waals surface area contributed by atoms with Crippen molar-refractivity contribution in [3.63, 3.8) is 0 Å². The summed E-state index contributed by atoms with van der Waals surface area (Å²) < 4.78 is 12.8. The summed E-state index contributed by atoms with van der Waals surface area (Å²) in [6, 6.07) is 12.2. The lowest BCUT2D eigenvalue weighted by Gasteiger charge is -2.14. The molecule has 0 aromatic heterocycles. The summed E-state index contributed by atoms with van der Waals surface area (Å²) >= 11 is 0. The zero-order valence-corrected chi connectivity index (χ0v) is 11.1. The fourth-order valence-corrected chi connectivity index (χ4v) is 1.95. The highest BCUT2D eigenvalue weighted by atomic mass is 19.1. The second-order valence-electron chi connectivity index (χ2n) is 4.75. The summed E-state index contributed by atoms with van der Waals surface area (Å²) in [5.41, 5.74) is 1.46. The summed E-state index contributed by atoms with van der Waals surface area (Å²) in [5.74, 6) is -0.338. The molecule has 0 aliphatic heterocycles. The predicted molar refractivity (Wildman–Crippen MR) is 75.1 cm³/mol. The summed E-state index contributed by atoms with van der Waals surface area (Å²) in [7, 11) is 0. The molecule has 4 heteroatoms. The molecule has 0 spiro atoms. The molecule has 0 fully saturated rings. The lowest BCUT2D eigenvalue weighted by molar-refractivity contribution is 0.0940. The second kappa shape index (κ2) is 6.19. The topological polar surface area (TPSA) is 49.3 Å². The van der Waals surface area contributed by atoms with Crippen LogP contribution in [-0.4, -0.2) is 17.1 Å². The van der Waals surface area contributed by atoms with Crippen molar-refractivity contribution in [2.45, 2.75) is 19.4 Å². The maximum Gasteiger partial charge on any atom is 0.251 e. The van der Waals surface area contributed by atoms with Gasteiger partial charge in [0.15, 0.2) is 0 Å². The number of amides is 1. The number of hydrogen-bond acceptors (Lipinski definition) is 2. The van der Waals surface area contributed by atoms with Gasteiger partial charge in [-0.3, -0.25) is 4.79 Å². The van der Waals surface area contributed by atoms with Crippen molar-refractivity contribution < 1.29 is 14.3 Å². The third-order valence-corrected chi connectivity index (χ3v) is 2.96. The van der Waals surface area contributed by atoms with Crippen LogP contribution in [0.1, 0.15) is 22.8 Å². The number of aromatic hydroxyl groups is 1. The summed E-state index contributed by atoms with van der Waals surface area (Å²) in [5, 5.41) is 12.0. The largest absolute Gasteiger partial charge is 0.508 e. The first kappa shape index (κ1) is 14.1. The molecule has 0 heterocycles. The van der Waals surface area contributed by atoms with E-state index in [2.05, 4.69) is 5.32 Å². The number of nitrogens with one attached hydrogen (secondary N) is 1. The summed E-state index contributed by atoms with van der Waals surface area (Å²) in [4.78, 5) is 12.0. The van der Waals surface area contributed by atoms with Gasteiger partial charge in [-0.25, -0.2) is 4.39 Å². The van der Waals surface area contributed by atoms with Crippen LogP contribution in [0.15, 0.2) is 48.5 Å². The van der Waals surface area contributed by atoms with Crippen LogP contribution in [0, 0.1) is 5.82 Å². The van der Waals surface area contributed by atoms with Crippen LogP contribution >= 0.6 is 0 Å². The first-order chi connectivity index (χ1) is 9.54. The van der Waals surface area contributed by atoms with Crippen LogP contribution in [0.3, 0.4) is 0 Å². The maximum absolute atomic E-state index is 12.8. The first-order valence-corrected chi connectivity index (χ1v) is 6.39. The second-order valence-corrected chi connectivity index (χ2v) is 4.75. The van der Waals surface area contributed by atoms with Crippen LogP contribution in [0.25, 0.3) is 0 Å². The van der Waals surface area contributed by atoms with Crippen LogP contribution in [0.4, 0.5) is 4.39 Å². The van der Waals surface area contributed by atoms with Gasteiger partial charge in [0, 0.05) is 11.6 Å². The van der Waals surface area contributed by atoms with Gasteiger partial charge in [-0.1, -0.05) is 12.1 Å². The molecule has 2 aromatic rings. The molecular weight excluding hydrogens is 257 g/mol. The fraction of sp³-hybridized carbons (Fsp3) is 0.188. The van der Waals surface area contributed by atoms with E-state index in [0.29, 0.717) is 12.0 Å². The molecule has 0 saturated carbocycles. The van der Waals surface area contributed by atoms with Gasteiger partial charge < -0.3 is 10.4 Å². The lowest BCUT2D eigenvalue weighted by Crippen LogP contribution is -2.34. The van der Waals surface area contributed by atoms with E-state index in [4.69, 9.17) is 0 Å². The number of halogens is 1. The Morgan fingerprint density at radius 2 is 1.75 bits per heavy atom. The average molecular weight is 273 g/mol. The molecule has 3 nitrogen and oxygen atoms in total. The monoisotopic (exact) mass is 273 g/mol. The third kappa shape index (κ3) is 3.82. The highest BCUT2D eigenvalue weighted by Crippen LogP contribution is 2.10. The van der Waals surface area contributed by atoms with Gasteiger partial charge in [0.25, 0.3) is 5.91 Å². The fourth-order valence-electron chi connectivity index (χ4n) is 1.95. The molecule has 2 aromatic carbocycles. The van der Waals surface area contributed by atoms with Crippen molar-refractivity contribution in [3.8, 4) is 5.75 Å². The minimum absolute atomic E-state index is 0.0678. The minimum Gasteiger partial charge on any atom is -0.508 e. The number of carbonyl (C=O) groups is 1. The van der Waals surface area contributed by atoms with E-state index in [1.165, 1.54) is 24.3 Å². The van der Waals surface area contributed by atoms with E-state index in [1.54, 1.807) is 24.3 Å². The molecule has 20 heavy (non-hydrogen) atoms. The Labute approximate surface area is 117 Å². The van der Waals surface area contributed by atoms with E-state index >= 15 is 0 Å². The van der Waals surface area contributed by atoms with Gasteiger partial charge in [-0.2, -0.15) is 0 Å². The quantitative estimate of drug-likeness (QED) is 0.900. The molecule has 104 valence electrons. The smallest absolute Gasteiger partial charge is 0.251 e. The Bertz CT molecular complexity index is 578. The van der Waals surface area contributed by atoms with E-state index in [1.807, 2.05) is 6.92 Å². The highest BCUT2D eigenvalue weighted by Gasteiger charge is 2.10. The van der Waals surface area contributed by atoms with Crippen molar-refractivity contribution in [2.24, 2.45) is 0 Å². The van der Waals surface area contributed by atoms with Gasteiger partial charge in [0.05, 0.1) is 0 Å². The molecule has 0 aliphatic carbocycles. The summed E-state index contributed by atoms with van der Waals surface area (Å²) in [6.07, 6.45) is 0.629. The van der Waals surface area contributed by atoms with Crippen molar-refractivity contribution in [1.29, 1.82) is 0 Å². The molecule has 2 N–H and O–H groups in total. The van der Waals surface area contributed by atoms with E-state index in [0.717, 1.165) is 5.56 Å². The predicted octanol–water partition coefficient (Wildman–Crippen LogP) is 2.89. The van der Waals surface area contributed by atoms with E-state index in [-0.39, 0.29) is 23.5 Å². The number of phenolic OH excluding ortho intramolecular Hbond substituents is 1. The third-order valence-electron chi connectivity index (χ3n) is 2.96. The number of rotatable bonds is 4. The van der Waals surface area contributed by atoms with Crippen molar-refractivity contribution in [1.82, 2.24) is 5.32 Å². The first-order valence-electron chi connectivity index (χ1n) is 6.39. The van der Waals surface area contributed by atoms with Gasteiger partial charge in [-0.15, -0.1) is 0 Å². The minimum atomic E-state index is -0.269. The molecule has 0 bridgehead atoms. The molecule has 0 saturated heterocycles. The van der Waals surface area contributed by atoms with Gasteiger partial charge >= 0.3 is 0 Å². The SMILES string of the molecule is CC(Cc1ccc(F)cc1)NC(=O)c1ccc(O)cc1. The Morgan fingerprint density at radius 1 is 1.15 bits per heavy atom. The average Bonchev–Trinajstić information content (AvgIpc) is 2.42. The van der Waals surface area contributed by atoms with Gasteiger partial charge in [-0.05, 0) is 55.3 Å². The van der Waals surface area contributed by atoms with E-state index in [9.17, 15) is 14.3 Å². The molecule has 1 atom stereocenters.